The average Bonchev–Trinajstić information content (AvgIpc) is 3.03. The number of nitrogens with zero attached hydrogens (tertiary/aromatic N) is 3. The smallest absolute Gasteiger partial charge is 0.226 e. The zero-order chi connectivity index (χ0) is 18.0. The zero-order valence-electron chi connectivity index (χ0n) is 14.9. The molecule has 1 aliphatic rings. The van der Waals surface area contributed by atoms with Crippen LogP contribution in [0.2, 0.25) is 0 Å². The molecule has 0 bridgehead atoms. The number of Topliss-reactive ketones (excluding diaryl/α,β-unsaturated/α-hetero) is 1. The normalized spacial score (nSPS) is 16.2. The maximum atomic E-state index is 12.3. The van der Waals surface area contributed by atoms with Crippen LogP contribution < -0.4 is 14.8 Å². The summed E-state index contributed by atoms with van der Waals surface area (Å²) in [7, 11) is 0. The molecule has 7 heteroatoms. The Bertz CT molecular complexity index is 825. The van der Waals surface area contributed by atoms with Crippen molar-refractivity contribution in [2.45, 2.75) is 33.7 Å². The van der Waals surface area contributed by atoms with Crippen LogP contribution in [0.4, 0.5) is 5.95 Å². The van der Waals surface area contributed by atoms with E-state index in [1.807, 2.05) is 39.0 Å². The van der Waals surface area contributed by atoms with Crippen LogP contribution in [0.3, 0.4) is 0 Å². The number of anilines is 1. The van der Waals surface area contributed by atoms with Gasteiger partial charge in [0.1, 0.15) is 12.4 Å². The second-order valence-electron chi connectivity index (χ2n) is 5.72. The van der Waals surface area contributed by atoms with Crippen molar-refractivity contribution in [2.75, 3.05) is 18.5 Å². The van der Waals surface area contributed by atoms with Crippen molar-refractivity contribution in [3.63, 3.8) is 0 Å². The maximum Gasteiger partial charge on any atom is 0.226 e. The summed E-state index contributed by atoms with van der Waals surface area (Å²) < 4.78 is 13.1. The molecule has 132 valence electrons. The lowest BCUT2D eigenvalue weighted by Crippen LogP contribution is -2.27. The molecule has 1 aliphatic heterocycles. The van der Waals surface area contributed by atoms with Gasteiger partial charge in [-0.05, 0) is 45.4 Å². The first-order valence-corrected chi connectivity index (χ1v) is 8.34. The molecule has 2 aromatic rings. The van der Waals surface area contributed by atoms with E-state index in [1.54, 1.807) is 11.6 Å². The largest absolute Gasteiger partial charge is 0.490 e. The lowest BCUT2D eigenvalue weighted by Gasteiger charge is -2.28. The highest BCUT2D eigenvalue weighted by molar-refractivity contribution is 5.96. The van der Waals surface area contributed by atoms with E-state index >= 15 is 0 Å². The standard InChI is InChI=1S/C18H22N4O3/c1-5-24-14-8-7-13(9-15(14)25-6-2)17-16(12(4)23)11(3)21-18-19-10-20-22(17)18/h7-10,17H,5-6H2,1-4H3,(H,19,20,21). The van der Waals surface area contributed by atoms with Crippen LogP contribution >= 0.6 is 0 Å². The Morgan fingerprint density at radius 3 is 2.64 bits per heavy atom. The third-order valence-corrected chi connectivity index (χ3v) is 4.06. The topological polar surface area (TPSA) is 78.3 Å². The molecule has 3 rings (SSSR count). The fourth-order valence-corrected chi connectivity index (χ4v) is 3.09. The Kier molecular flexibility index (Phi) is 4.74. The van der Waals surface area contributed by atoms with Crippen molar-refractivity contribution < 1.29 is 14.3 Å². The molecule has 0 aliphatic carbocycles. The van der Waals surface area contributed by atoms with Gasteiger partial charge in [0.2, 0.25) is 5.95 Å². The Hall–Kier alpha value is -2.83. The molecule has 25 heavy (non-hydrogen) atoms. The summed E-state index contributed by atoms with van der Waals surface area (Å²) in [6.45, 7) is 8.37. The number of rotatable bonds is 6. The molecular weight excluding hydrogens is 320 g/mol. The van der Waals surface area contributed by atoms with Crippen LogP contribution in [0.1, 0.15) is 39.3 Å². The van der Waals surface area contributed by atoms with Crippen molar-refractivity contribution in [2.24, 2.45) is 0 Å². The van der Waals surface area contributed by atoms with E-state index in [1.165, 1.54) is 6.33 Å². The molecule has 2 heterocycles. The van der Waals surface area contributed by atoms with Gasteiger partial charge in [-0.15, -0.1) is 0 Å². The molecule has 0 fully saturated rings. The lowest BCUT2D eigenvalue weighted by atomic mass is 9.93. The van der Waals surface area contributed by atoms with Gasteiger partial charge in [-0.1, -0.05) is 6.07 Å². The van der Waals surface area contributed by atoms with Crippen molar-refractivity contribution in [1.29, 1.82) is 0 Å². The van der Waals surface area contributed by atoms with Gasteiger partial charge in [-0.3, -0.25) is 4.79 Å². The second kappa shape index (κ2) is 6.96. The third-order valence-electron chi connectivity index (χ3n) is 4.06. The van der Waals surface area contributed by atoms with E-state index in [2.05, 4.69) is 15.4 Å². The summed E-state index contributed by atoms with van der Waals surface area (Å²) >= 11 is 0. The van der Waals surface area contributed by atoms with E-state index in [-0.39, 0.29) is 11.8 Å². The van der Waals surface area contributed by atoms with Gasteiger partial charge >= 0.3 is 0 Å². The highest BCUT2D eigenvalue weighted by atomic mass is 16.5. The predicted molar refractivity (Wildman–Crippen MR) is 93.9 cm³/mol. The molecule has 1 atom stereocenters. The molecule has 0 saturated carbocycles. The van der Waals surface area contributed by atoms with Gasteiger partial charge < -0.3 is 14.8 Å². The van der Waals surface area contributed by atoms with E-state index in [0.717, 1.165) is 11.3 Å². The minimum Gasteiger partial charge on any atom is -0.490 e. The van der Waals surface area contributed by atoms with E-state index in [0.29, 0.717) is 36.2 Å². The molecule has 0 amide bonds. The number of fused-ring (bicyclic) bond motifs is 1. The fourth-order valence-electron chi connectivity index (χ4n) is 3.09. The van der Waals surface area contributed by atoms with Crippen molar-refractivity contribution in [3.8, 4) is 11.5 Å². The van der Waals surface area contributed by atoms with Crippen LogP contribution in [0, 0.1) is 0 Å². The number of benzene rings is 1. The van der Waals surface area contributed by atoms with Gasteiger partial charge in [-0.25, -0.2) is 4.68 Å². The SMILES string of the molecule is CCOc1ccc(C2C(C(C)=O)=C(C)Nc3ncnn32)cc1OCC. The Morgan fingerprint density at radius 2 is 1.96 bits per heavy atom. The molecule has 1 aromatic carbocycles. The second-order valence-corrected chi connectivity index (χ2v) is 5.72. The van der Waals surface area contributed by atoms with Gasteiger partial charge in [0.05, 0.1) is 13.2 Å². The van der Waals surface area contributed by atoms with Crippen molar-refractivity contribution >= 4 is 11.7 Å². The number of carbonyl (C=O) groups excluding carboxylic acids is 1. The first-order chi connectivity index (χ1) is 12.1. The van der Waals surface area contributed by atoms with Gasteiger partial charge in [0.15, 0.2) is 17.3 Å². The predicted octanol–water partition coefficient (Wildman–Crippen LogP) is 2.95. The number of aromatic nitrogens is 3. The summed E-state index contributed by atoms with van der Waals surface area (Å²) in [6, 6.07) is 5.36. The monoisotopic (exact) mass is 342 g/mol. The summed E-state index contributed by atoms with van der Waals surface area (Å²) in [4.78, 5) is 16.5. The number of carbonyl (C=O) groups is 1. The number of nitrogens with one attached hydrogen (secondary N) is 1. The minimum absolute atomic E-state index is 0.0111. The van der Waals surface area contributed by atoms with E-state index in [9.17, 15) is 4.79 Å². The summed E-state index contributed by atoms with van der Waals surface area (Å²) in [6.07, 6.45) is 1.48. The highest BCUT2D eigenvalue weighted by Crippen LogP contribution is 2.38. The van der Waals surface area contributed by atoms with Gasteiger partial charge in [0.25, 0.3) is 0 Å². The van der Waals surface area contributed by atoms with Crippen molar-refractivity contribution in [1.82, 2.24) is 14.8 Å². The first kappa shape index (κ1) is 17.0. The summed E-state index contributed by atoms with van der Waals surface area (Å²) in [5.41, 5.74) is 2.33. The summed E-state index contributed by atoms with van der Waals surface area (Å²) in [5.74, 6) is 1.94. The molecule has 1 N–H and O–H groups in total. The van der Waals surface area contributed by atoms with Crippen LogP contribution in [0.15, 0.2) is 35.8 Å². The Labute approximate surface area is 146 Å². The number of hydrogen-bond donors (Lipinski definition) is 1. The number of ketones is 1. The summed E-state index contributed by atoms with van der Waals surface area (Å²) in [5, 5.41) is 7.44. The Balaban J connectivity index is 2.13. The molecule has 1 unspecified atom stereocenters. The Morgan fingerprint density at radius 1 is 1.24 bits per heavy atom. The van der Waals surface area contributed by atoms with Crippen LogP contribution in [0.5, 0.6) is 11.5 Å². The maximum absolute atomic E-state index is 12.3. The van der Waals surface area contributed by atoms with Gasteiger partial charge in [-0.2, -0.15) is 10.1 Å². The quantitative estimate of drug-likeness (QED) is 0.869. The lowest BCUT2D eigenvalue weighted by molar-refractivity contribution is -0.114. The van der Waals surface area contributed by atoms with E-state index in [4.69, 9.17) is 9.47 Å². The first-order valence-electron chi connectivity index (χ1n) is 8.34. The third kappa shape index (κ3) is 3.09. The fraction of sp³-hybridized carbons (Fsp3) is 0.389. The van der Waals surface area contributed by atoms with Crippen LogP contribution in [-0.4, -0.2) is 33.8 Å². The molecular formula is C18H22N4O3. The molecule has 0 saturated heterocycles. The molecule has 1 aromatic heterocycles. The molecule has 7 nitrogen and oxygen atoms in total. The van der Waals surface area contributed by atoms with Crippen LogP contribution in [0.25, 0.3) is 0 Å². The van der Waals surface area contributed by atoms with Crippen LogP contribution in [-0.2, 0) is 4.79 Å². The number of hydrogen-bond acceptors (Lipinski definition) is 6. The van der Waals surface area contributed by atoms with Gasteiger partial charge in [0, 0.05) is 11.3 Å². The minimum atomic E-state index is -0.355. The zero-order valence-corrected chi connectivity index (χ0v) is 14.9. The molecule has 0 radical (unpaired) electrons. The number of ether oxygens (including phenoxy) is 2. The number of allylic oxidation sites excluding steroid dienone is 2. The highest BCUT2D eigenvalue weighted by Gasteiger charge is 2.32. The molecule has 0 spiro atoms. The van der Waals surface area contributed by atoms with E-state index < -0.39 is 0 Å². The average molecular weight is 342 g/mol. The van der Waals surface area contributed by atoms with Crippen molar-refractivity contribution in [3.05, 3.63) is 41.4 Å².